The van der Waals surface area contributed by atoms with Gasteiger partial charge in [-0.1, -0.05) is 6.07 Å². The molecule has 1 saturated heterocycles. The van der Waals surface area contributed by atoms with Gasteiger partial charge in [0.2, 0.25) is 11.8 Å². The Morgan fingerprint density at radius 2 is 2.24 bits per heavy atom. The molecule has 6 heteroatoms. The molecule has 0 aromatic carbocycles. The topological polar surface area (TPSA) is 63.2 Å². The number of hydrogen-bond acceptors (Lipinski definition) is 4. The van der Waals surface area contributed by atoms with E-state index in [2.05, 4.69) is 15.6 Å². The fourth-order valence-corrected chi connectivity index (χ4v) is 2.31. The molecule has 1 unspecified atom stereocenters. The van der Waals surface area contributed by atoms with Gasteiger partial charge < -0.3 is 15.4 Å². The summed E-state index contributed by atoms with van der Waals surface area (Å²) in [6.45, 7) is 2.23. The number of ether oxygens (including phenoxy) is 1. The van der Waals surface area contributed by atoms with Crippen molar-refractivity contribution in [2.24, 2.45) is 5.92 Å². The van der Waals surface area contributed by atoms with Gasteiger partial charge in [-0.3, -0.25) is 4.79 Å². The Morgan fingerprint density at radius 1 is 1.38 bits per heavy atom. The van der Waals surface area contributed by atoms with Crippen LogP contribution in [0.25, 0.3) is 0 Å². The summed E-state index contributed by atoms with van der Waals surface area (Å²) in [4.78, 5) is 16.1. The number of nitrogens with zero attached hydrogens (tertiary/aromatic N) is 1. The monoisotopic (exact) mass is 311 g/mol. The summed E-state index contributed by atoms with van der Waals surface area (Å²) in [7, 11) is 0. The van der Waals surface area contributed by atoms with Crippen molar-refractivity contribution < 1.29 is 9.53 Å². The van der Waals surface area contributed by atoms with Gasteiger partial charge >= 0.3 is 0 Å². The highest BCUT2D eigenvalue weighted by Crippen LogP contribution is 2.29. The van der Waals surface area contributed by atoms with E-state index in [1.54, 1.807) is 6.20 Å². The van der Waals surface area contributed by atoms with Crippen LogP contribution >= 0.6 is 12.4 Å². The van der Waals surface area contributed by atoms with Gasteiger partial charge in [0.1, 0.15) is 0 Å². The maximum atomic E-state index is 11.9. The van der Waals surface area contributed by atoms with Crippen molar-refractivity contribution in [1.29, 1.82) is 0 Å². The minimum absolute atomic E-state index is 0. The third kappa shape index (κ3) is 4.86. The van der Waals surface area contributed by atoms with E-state index >= 15 is 0 Å². The minimum atomic E-state index is -0.0240. The largest absolute Gasteiger partial charge is 0.477 e. The van der Waals surface area contributed by atoms with Crippen molar-refractivity contribution in [3.63, 3.8) is 0 Å². The van der Waals surface area contributed by atoms with E-state index in [0.717, 1.165) is 37.5 Å². The second-order valence-electron chi connectivity index (χ2n) is 5.63. The lowest BCUT2D eigenvalue weighted by atomic mass is 10.2. The molecule has 1 aliphatic heterocycles. The van der Waals surface area contributed by atoms with Gasteiger partial charge in [0, 0.05) is 18.8 Å². The van der Waals surface area contributed by atoms with Crippen molar-refractivity contribution in [2.45, 2.75) is 38.3 Å². The van der Waals surface area contributed by atoms with Crippen LogP contribution in [0.4, 0.5) is 0 Å². The van der Waals surface area contributed by atoms with Crippen LogP contribution in [0, 0.1) is 5.92 Å². The first-order chi connectivity index (χ1) is 9.81. The highest BCUT2D eigenvalue weighted by atomic mass is 35.5. The van der Waals surface area contributed by atoms with Gasteiger partial charge in [0.25, 0.3) is 0 Å². The molecule has 2 N–H and O–H groups in total. The summed E-state index contributed by atoms with van der Waals surface area (Å²) in [6.07, 6.45) is 6.33. The lowest BCUT2D eigenvalue weighted by Gasteiger charge is -2.11. The quantitative estimate of drug-likeness (QED) is 0.839. The zero-order valence-electron chi connectivity index (χ0n) is 12.0. The molecule has 1 aliphatic carbocycles. The Balaban J connectivity index is 0.00000161. The lowest BCUT2D eigenvalue weighted by Crippen LogP contribution is -2.40. The van der Waals surface area contributed by atoms with Gasteiger partial charge in [-0.2, -0.15) is 0 Å². The molecule has 1 aromatic heterocycles. The van der Waals surface area contributed by atoms with E-state index < -0.39 is 0 Å². The summed E-state index contributed by atoms with van der Waals surface area (Å²) in [5, 5.41) is 6.13. The Morgan fingerprint density at radius 3 is 2.86 bits per heavy atom. The van der Waals surface area contributed by atoms with E-state index in [1.807, 2.05) is 12.1 Å². The van der Waals surface area contributed by atoms with Gasteiger partial charge in [-0.15, -0.1) is 12.4 Å². The molecule has 1 atom stereocenters. The Kier molecular flexibility index (Phi) is 5.82. The van der Waals surface area contributed by atoms with Crippen LogP contribution < -0.4 is 15.4 Å². The fraction of sp³-hybridized carbons (Fsp3) is 0.600. The molecule has 2 heterocycles. The van der Waals surface area contributed by atoms with Crippen molar-refractivity contribution in [3.8, 4) is 5.88 Å². The zero-order valence-corrected chi connectivity index (χ0v) is 12.8. The number of rotatable bonds is 6. The molecule has 5 nitrogen and oxygen atoms in total. The first-order valence-electron chi connectivity index (χ1n) is 7.40. The molecule has 0 bridgehead atoms. The van der Waals surface area contributed by atoms with E-state index in [-0.39, 0.29) is 24.4 Å². The molecule has 3 rings (SSSR count). The van der Waals surface area contributed by atoms with Crippen LogP contribution in [0.2, 0.25) is 0 Å². The molecule has 2 fully saturated rings. The van der Waals surface area contributed by atoms with Gasteiger partial charge in [0.05, 0.1) is 12.6 Å². The van der Waals surface area contributed by atoms with Gasteiger partial charge in [0.15, 0.2) is 0 Å². The third-order valence-electron chi connectivity index (χ3n) is 3.80. The number of aromatic nitrogens is 1. The normalized spacial score (nSPS) is 20.7. The summed E-state index contributed by atoms with van der Waals surface area (Å²) in [5.74, 6) is 1.48. The molecule has 1 amide bonds. The van der Waals surface area contributed by atoms with Crippen molar-refractivity contribution in [3.05, 3.63) is 23.9 Å². The molecule has 1 saturated carbocycles. The third-order valence-corrected chi connectivity index (χ3v) is 3.80. The zero-order chi connectivity index (χ0) is 13.8. The number of halogens is 1. The molecule has 1 aromatic rings. The average Bonchev–Trinajstić information content (AvgIpc) is 3.15. The highest BCUT2D eigenvalue weighted by Gasteiger charge is 2.22. The molecule has 116 valence electrons. The predicted octanol–water partition coefficient (Wildman–Crippen LogP) is 1.66. The molecule has 0 spiro atoms. The van der Waals surface area contributed by atoms with Crippen LogP contribution in [0.1, 0.15) is 31.2 Å². The number of carbonyl (C=O) groups excluding carboxylic acids is 1. The fourth-order valence-electron chi connectivity index (χ4n) is 2.31. The van der Waals surface area contributed by atoms with Crippen LogP contribution in [-0.4, -0.2) is 30.1 Å². The minimum Gasteiger partial charge on any atom is -0.477 e. The number of hydrogen-bond donors (Lipinski definition) is 2. The van der Waals surface area contributed by atoms with Crippen molar-refractivity contribution in [2.75, 3.05) is 13.2 Å². The second kappa shape index (κ2) is 7.61. The lowest BCUT2D eigenvalue weighted by molar-refractivity contribution is -0.122. The van der Waals surface area contributed by atoms with Crippen LogP contribution in [-0.2, 0) is 11.3 Å². The summed E-state index contributed by atoms with van der Waals surface area (Å²) in [6, 6.07) is 3.80. The molecular weight excluding hydrogens is 290 g/mol. The highest BCUT2D eigenvalue weighted by molar-refractivity contribution is 5.85. The SMILES string of the molecule is Cl.O=C(NCc1ccc(OCC2CC2)nc1)C1CCCN1. The maximum Gasteiger partial charge on any atom is 0.237 e. The maximum absolute atomic E-state index is 11.9. The van der Waals surface area contributed by atoms with Gasteiger partial charge in [-0.05, 0) is 43.7 Å². The Hall–Kier alpha value is -1.33. The van der Waals surface area contributed by atoms with Gasteiger partial charge in [-0.25, -0.2) is 4.98 Å². The Labute approximate surface area is 131 Å². The van der Waals surface area contributed by atoms with E-state index in [4.69, 9.17) is 4.74 Å². The van der Waals surface area contributed by atoms with Crippen molar-refractivity contribution in [1.82, 2.24) is 15.6 Å². The van der Waals surface area contributed by atoms with E-state index in [9.17, 15) is 4.79 Å². The Bertz CT molecular complexity index is 456. The van der Waals surface area contributed by atoms with Crippen LogP contribution in [0.3, 0.4) is 0 Å². The molecule has 2 aliphatic rings. The number of pyridine rings is 1. The second-order valence-corrected chi connectivity index (χ2v) is 5.63. The van der Waals surface area contributed by atoms with E-state index in [0.29, 0.717) is 12.4 Å². The predicted molar refractivity (Wildman–Crippen MR) is 82.6 cm³/mol. The molecular formula is C15H22ClN3O2. The number of carbonyl (C=O) groups is 1. The molecule has 21 heavy (non-hydrogen) atoms. The standard InChI is InChI=1S/C15H21N3O2.ClH/c19-15(13-2-1-7-16-13)18-9-12-5-6-14(17-8-12)20-10-11-3-4-11;/h5-6,8,11,13,16H,1-4,7,9-10H2,(H,18,19);1H. The number of nitrogens with one attached hydrogen (secondary N) is 2. The van der Waals surface area contributed by atoms with Crippen LogP contribution in [0.5, 0.6) is 5.88 Å². The molecule has 0 radical (unpaired) electrons. The first-order valence-corrected chi connectivity index (χ1v) is 7.40. The first kappa shape index (κ1) is 16.0. The summed E-state index contributed by atoms with van der Waals surface area (Å²) in [5.41, 5.74) is 0.995. The smallest absolute Gasteiger partial charge is 0.237 e. The number of amides is 1. The van der Waals surface area contributed by atoms with Crippen LogP contribution in [0.15, 0.2) is 18.3 Å². The van der Waals surface area contributed by atoms with Crippen molar-refractivity contribution >= 4 is 18.3 Å². The summed E-state index contributed by atoms with van der Waals surface area (Å²) < 4.78 is 5.58. The van der Waals surface area contributed by atoms with E-state index in [1.165, 1.54) is 12.8 Å². The summed E-state index contributed by atoms with van der Waals surface area (Å²) >= 11 is 0. The average molecular weight is 312 g/mol.